The second-order valence-corrected chi connectivity index (χ2v) is 6.98. The second kappa shape index (κ2) is 5.94. The summed E-state index contributed by atoms with van der Waals surface area (Å²) >= 11 is 0. The Balaban J connectivity index is 1.59. The third kappa shape index (κ3) is 2.41. The van der Waals surface area contributed by atoms with E-state index in [1.54, 1.807) is 12.1 Å². The van der Waals surface area contributed by atoms with Crippen molar-refractivity contribution in [3.8, 4) is 0 Å². The van der Waals surface area contributed by atoms with Crippen LogP contribution >= 0.6 is 0 Å². The number of hydrogen-bond acceptors (Lipinski definition) is 4. The highest BCUT2D eigenvalue weighted by molar-refractivity contribution is 6.10. The Morgan fingerprint density at radius 3 is 2.41 bits per heavy atom. The molecule has 3 aromatic heterocycles. The zero-order valence-electron chi connectivity index (χ0n) is 15.3. The van der Waals surface area contributed by atoms with E-state index < -0.39 is 0 Å². The Morgan fingerprint density at radius 2 is 1.52 bits per heavy atom. The molecule has 0 fully saturated rings. The van der Waals surface area contributed by atoms with Gasteiger partial charge in [0.25, 0.3) is 0 Å². The van der Waals surface area contributed by atoms with Crippen molar-refractivity contribution < 1.29 is 4.79 Å². The van der Waals surface area contributed by atoms with Gasteiger partial charge in [-0.25, -0.2) is 15.0 Å². The first-order chi connectivity index (χ1) is 14.3. The predicted molar refractivity (Wildman–Crippen MR) is 113 cm³/mol. The molecule has 0 radical (unpaired) electrons. The number of ketones is 1. The van der Waals surface area contributed by atoms with Crippen molar-refractivity contribution in [2.24, 2.45) is 0 Å². The lowest BCUT2D eigenvalue weighted by Gasteiger charge is -2.03. The highest BCUT2D eigenvalue weighted by Crippen LogP contribution is 2.24. The molecule has 0 aliphatic carbocycles. The lowest BCUT2D eigenvalue weighted by molar-refractivity contribution is 0.103. The molecule has 5 nitrogen and oxygen atoms in total. The van der Waals surface area contributed by atoms with Crippen LogP contribution in [0.3, 0.4) is 0 Å². The van der Waals surface area contributed by atoms with Gasteiger partial charge in [-0.3, -0.25) is 9.20 Å². The molecule has 0 N–H and O–H groups in total. The minimum Gasteiger partial charge on any atom is -0.289 e. The van der Waals surface area contributed by atoms with Crippen molar-refractivity contribution in [1.29, 1.82) is 0 Å². The molecule has 29 heavy (non-hydrogen) atoms. The molecular weight excluding hydrogens is 360 g/mol. The summed E-state index contributed by atoms with van der Waals surface area (Å²) in [5.41, 5.74) is 4.75. The molecule has 3 aromatic carbocycles. The predicted octanol–water partition coefficient (Wildman–Crippen LogP) is 4.81. The van der Waals surface area contributed by atoms with Crippen molar-refractivity contribution in [3.63, 3.8) is 0 Å². The van der Waals surface area contributed by atoms with E-state index in [0.29, 0.717) is 27.9 Å². The smallest absolute Gasteiger partial charge is 0.199 e. The number of rotatable bonds is 2. The van der Waals surface area contributed by atoms with Gasteiger partial charge in [-0.1, -0.05) is 54.6 Å². The summed E-state index contributed by atoms with van der Waals surface area (Å²) in [7, 11) is 0. The Bertz CT molecular complexity index is 1570. The first-order valence-electron chi connectivity index (χ1n) is 9.35. The van der Waals surface area contributed by atoms with E-state index in [2.05, 4.69) is 11.1 Å². The average Bonchev–Trinajstić information content (AvgIpc) is 3.15. The molecule has 0 saturated carbocycles. The van der Waals surface area contributed by atoms with E-state index in [4.69, 9.17) is 9.97 Å². The summed E-state index contributed by atoms with van der Waals surface area (Å²) in [6.45, 7) is 0. The number of nitrogens with zero attached hydrogens (tertiary/aromatic N) is 4. The third-order valence-corrected chi connectivity index (χ3v) is 5.20. The minimum atomic E-state index is -0.0291. The quantitative estimate of drug-likeness (QED) is 0.408. The van der Waals surface area contributed by atoms with E-state index >= 15 is 0 Å². The number of carbonyl (C=O) groups excluding carboxylic acids is 1. The molecule has 0 bridgehead atoms. The average molecular weight is 374 g/mol. The van der Waals surface area contributed by atoms with Crippen molar-refractivity contribution in [1.82, 2.24) is 19.4 Å². The second-order valence-electron chi connectivity index (χ2n) is 6.98. The van der Waals surface area contributed by atoms with Crippen LogP contribution in [0.15, 0.2) is 85.1 Å². The van der Waals surface area contributed by atoms with Crippen LogP contribution in [0.25, 0.3) is 38.7 Å². The van der Waals surface area contributed by atoms with Crippen LogP contribution in [0.4, 0.5) is 0 Å². The SMILES string of the molecule is O=C(c1ccccc1)c1ccc2nc3nc4c5ccccc5ccn4c3nc2c1. The summed E-state index contributed by atoms with van der Waals surface area (Å²) < 4.78 is 1.95. The van der Waals surface area contributed by atoms with Gasteiger partial charge in [-0.2, -0.15) is 0 Å². The van der Waals surface area contributed by atoms with Crippen molar-refractivity contribution in [2.75, 3.05) is 0 Å². The van der Waals surface area contributed by atoms with Crippen LogP contribution in [0.5, 0.6) is 0 Å². The molecule has 0 saturated heterocycles. The molecule has 0 unspecified atom stereocenters. The fourth-order valence-corrected chi connectivity index (χ4v) is 3.76. The Kier molecular flexibility index (Phi) is 3.25. The van der Waals surface area contributed by atoms with Crippen LogP contribution in [-0.4, -0.2) is 25.1 Å². The zero-order valence-corrected chi connectivity index (χ0v) is 15.3. The molecule has 0 aliphatic rings. The topological polar surface area (TPSA) is 60.2 Å². The molecule has 0 spiro atoms. The standard InChI is InChI=1S/C24H14N4O/c29-21(16-7-2-1-3-8-16)17-10-11-19-20(14-17)26-24-22(25-19)27-23-18-9-5-4-6-15(18)12-13-28(23)24/h1-14H. The molecule has 6 aromatic rings. The molecule has 0 atom stereocenters. The minimum absolute atomic E-state index is 0.0291. The van der Waals surface area contributed by atoms with Crippen molar-refractivity contribution in [2.45, 2.75) is 0 Å². The van der Waals surface area contributed by atoms with Crippen LogP contribution in [0, 0.1) is 0 Å². The van der Waals surface area contributed by atoms with Gasteiger partial charge in [0.05, 0.1) is 11.0 Å². The number of carbonyl (C=O) groups is 1. The molecule has 136 valence electrons. The fourth-order valence-electron chi connectivity index (χ4n) is 3.76. The molecular formula is C24H14N4O. The summed E-state index contributed by atoms with van der Waals surface area (Å²) in [5, 5.41) is 2.18. The normalized spacial score (nSPS) is 11.6. The number of aromatic nitrogens is 4. The number of imidazole rings is 1. The maximum Gasteiger partial charge on any atom is 0.199 e. The van der Waals surface area contributed by atoms with Crippen LogP contribution in [-0.2, 0) is 0 Å². The van der Waals surface area contributed by atoms with Crippen LogP contribution in [0.1, 0.15) is 15.9 Å². The summed E-state index contributed by atoms with van der Waals surface area (Å²) in [6.07, 6.45) is 1.96. The van der Waals surface area contributed by atoms with Gasteiger partial charge in [-0.15, -0.1) is 0 Å². The van der Waals surface area contributed by atoms with E-state index in [1.807, 2.05) is 71.3 Å². The van der Waals surface area contributed by atoms with E-state index in [-0.39, 0.29) is 5.78 Å². The highest BCUT2D eigenvalue weighted by Gasteiger charge is 2.14. The zero-order chi connectivity index (χ0) is 19.4. The molecule has 0 aliphatic heterocycles. The summed E-state index contributed by atoms with van der Waals surface area (Å²) in [6, 6.07) is 24.9. The lowest BCUT2D eigenvalue weighted by atomic mass is 10.0. The van der Waals surface area contributed by atoms with Gasteiger partial charge in [0.2, 0.25) is 0 Å². The number of fused-ring (bicyclic) bond motifs is 6. The number of hydrogen-bond donors (Lipinski definition) is 0. The van der Waals surface area contributed by atoms with Gasteiger partial charge >= 0.3 is 0 Å². The Hall–Kier alpha value is -4.12. The first kappa shape index (κ1) is 15.9. The molecule has 3 heterocycles. The number of benzene rings is 3. The van der Waals surface area contributed by atoms with Crippen molar-refractivity contribution >= 4 is 44.5 Å². The van der Waals surface area contributed by atoms with E-state index in [9.17, 15) is 4.79 Å². The number of pyridine rings is 1. The first-order valence-corrected chi connectivity index (χ1v) is 9.35. The lowest BCUT2D eigenvalue weighted by Crippen LogP contribution is -2.01. The Labute approximate surface area is 165 Å². The van der Waals surface area contributed by atoms with Crippen molar-refractivity contribution in [3.05, 3.63) is 96.2 Å². The van der Waals surface area contributed by atoms with E-state index in [0.717, 1.165) is 21.9 Å². The third-order valence-electron chi connectivity index (χ3n) is 5.20. The molecule has 0 amide bonds. The van der Waals surface area contributed by atoms with Gasteiger partial charge in [0.1, 0.15) is 5.65 Å². The van der Waals surface area contributed by atoms with Crippen LogP contribution in [0.2, 0.25) is 0 Å². The van der Waals surface area contributed by atoms with Gasteiger partial charge in [-0.05, 0) is 29.7 Å². The van der Waals surface area contributed by atoms with E-state index in [1.165, 1.54) is 0 Å². The monoisotopic (exact) mass is 374 g/mol. The summed E-state index contributed by atoms with van der Waals surface area (Å²) in [4.78, 5) is 27.0. The fraction of sp³-hybridized carbons (Fsp3) is 0. The molecule has 5 heteroatoms. The maximum absolute atomic E-state index is 12.8. The van der Waals surface area contributed by atoms with Gasteiger partial charge in [0, 0.05) is 22.7 Å². The highest BCUT2D eigenvalue weighted by atomic mass is 16.1. The maximum atomic E-state index is 12.8. The molecule has 6 rings (SSSR count). The van der Waals surface area contributed by atoms with Crippen LogP contribution < -0.4 is 0 Å². The Morgan fingerprint density at radius 1 is 0.690 bits per heavy atom. The van der Waals surface area contributed by atoms with Gasteiger partial charge < -0.3 is 0 Å². The largest absolute Gasteiger partial charge is 0.289 e. The summed E-state index contributed by atoms with van der Waals surface area (Å²) in [5.74, 6) is -0.0291. The van der Waals surface area contributed by atoms with Gasteiger partial charge in [0.15, 0.2) is 17.1 Å².